The molecular formula is C10H22ClNO3. The van der Waals surface area contributed by atoms with Gasteiger partial charge in [-0.15, -0.1) is 12.4 Å². The van der Waals surface area contributed by atoms with Gasteiger partial charge in [0.25, 0.3) is 0 Å². The van der Waals surface area contributed by atoms with E-state index in [-0.39, 0.29) is 30.1 Å². The van der Waals surface area contributed by atoms with Crippen molar-refractivity contribution in [1.82, 2.24) is 5.32 Å². The van der Waals surface area contributed by atoms with Crippen LogP contribution in [0.1, 0.15) is 27.7 Å². The Kier molecular flexibility index (Phi) is 8.02. The van der Waals surface area contributed by atoms with Crippen molar-refractivity contribution >= 4 is 18.4 Å². The molecule has 92 valence electrons. The van der Waals surface area contributed by atoms with Crippen molar-refractivity contribution in [3.05, 3.63) is 0 Å². The minimum atomic E-state index is -0.417. The summed E-state index contributed by atoms with van der Waals surface area (Å²) in [6, 6.07) is -0.417. The van der Waals surface area contributed by atoms with E-state index >= 15 is 0 Å². The van der Waals surface area contributed by atoms with Gasteiger partial charge < -0.3 is 14.8 Å². The van der Waals surface area contributed by atoms with E-state index in [4.69, 9.17) is 4.74 Å². The Balaban J connectivity index is 0. The van der Waals surface area contributed by atoms with Crippen LogP contribution in [0.5, 0.6) is 0 Å². The average Bonchev–Trinajstić information content (AvgIpc) is 2.01. The van der Waals surface area contributed by atoms with E-state index in [0.717, 1.165) is 0 Å². The zero-order chi connectivity index (χ0) is 11.4. The van der Waals surface area contributed by atoms with Gasteiger partial charge >= 0.3 is 5.97 Å². The maximum Gasteiger partial charge on any atom is 0.325 e. The van der Waals surface area contributed by atoms with Gasteiger partial charge in [0.2, 0.25) is 0 Å². The Hall–Kier alpha value is -0.320. The number of halogens is 1. The van der Waals surface area contributed by atoms with Gasteiger partial charge in [0.05, 0.1) is 18.8 Å². The molecule has 4 nitrogen and oxygen atoms in total. The second-order valence-electron chi connectivity index (χ2n) is 4.22. The lowest BCUT2D eigenvalue weighted by Gasteiger charge is -2.29. The Labute approximate surface area is 98.1 Å². The molecule has 0 saturated heterocycles. The Morgan fingerprint density at radius 1 is 1.33 bits per heavy atom. The fraction of sp³-hybridized carbons (Fsp3) is 0.900. The highest BCUT2D eigenvalue weighted by Gasteiger charge is 2.28. The molecule has 0 aliphatic heterocycles. The van der Waals surface area contributed by atoms with Crippen LogP contribution in [0.15, 0.2) is 0 Å². The maximum atomic E-state index is 11.3. The van der Waals surface area contributed by atoms with Crippen molar-refractivity contribution in [3.63, 3.8) is 0 Å². The van der Waals surface area contributed by atoms with Crippen molar-refractivity contribution in [3.8, 4) is 0 Å². The van der Waals surface area contributed by atoms with Gasteiger partial charge in [-0.1, -0.05) is 0 Å². The Bertz CT molecular complexity index is 192. The Morgan fingerprint density at radius 3 is 2.07 bits per heavy atom. The first-order valence-electron chi connectivity index (χ1n) is 4.74. The SMILES string of the molecule is CN[C@H](C(=O)OC)[C@@H](C)OC(C)(C)C.Cl. The lowest BCUT2D eigenvalue weighted by Crippen LogP contribution is -2.47. The average molecular weight is 240 g/mol. The van der Waals surface area contributed by atoms with Crippen molar-refractivity contribution in [2.24, 2.45) is 0 Å². The molecular weight excluding hydrogens is 218 g/mol. The van der Waals surface area contributed by atoms with E-state index in [2.05, 4.69) is 10.1 Å². The van der Waals surface area contributed by atoms with Crippen LogP contribution in [0.2, 0.25) is 0 Å². The summed E-state index contributed by atoms with van der Waals surface area (Å²) in [5, 5.41) is 2.88. The van der Waals surface area contributed by atoms with Gasteiger partial charge in [-0.05, 0) is 34.7 Å². The molecule has 0 saturated carbocycles. The number of ether oxygens (including phenoxy) is 2. The third kappa shape index (κ3) is 6.71. The molecule has 0 fully saturated rings. The molecule has 0 spiro atoms. The number of carbonyl (C=O) groups is 1. The summed E-state index contributed by atoms with van der Waals surface area (Å²) in [6.07, 6.45) is -0.215. The van der Waals surface area contributed by atoms with Crippen LogP contribution in [-0.2, 0) is 14.3 Å². The Morgan fingerprint density at radius 2 is 1.80 bits per heavy atom. The molecule has 0 aliphatic rings. The molecule has 0 rings (SSSR count). The first-order chi connectivity index (χ1) is 6.31. The van der Waals surface area contributed by atoms with Crippen LogP contribution in [0.4, 0.5) is 0 Å². The molecule has 0 amide bonds. The van der Waals surface area contributed by atoms with E-state index in [1.165, 1.54) is 7.11 Å². The zero-order valence-corrected chi connectivity index (χ0v) is 11.1. The van der Waals surface area contributed by atoms with Gasteiger partial charge in [-0.2, -0.15) is 0 Å². The van der Waals surface area contributed by atoms with E-state index in [0.29, 0.717) is 0 Å². The van der Waals surface area contributed by atoms with Crippen molar-refractivity contribution in [1.29, 1.82) is 0 Å². The van der Waals surface area contributed by atoms with Crippen molar-refractivity contribution < 1.29 is 14.3 Å². The molecule has 2 atom stereocenters. The van der Waals surface area contributed by atoms with E-state index < -0.39 is 6.04 Å². The molecule has 15 heavy (non-hydrogen) atoms. The molecule has 0 aromatic carbocycles. The summed E-state index contributed by atoms with van der Waals surface area (Å²) >= 11 is 0. The van der Waals surface area contributed by atoms with Crippen LogP contribution in [0.25, 0.3) is 0 Å². The second-order valence-corrected chi connectivity index (χ2v) is 4.22. The number of hydrogen-bond donors (Lipinski definition) is 1. The number of likely N-dealkylation sites (N-methyl/N-ethyl adjacent to an activating group) is 1. The first-order valence-corrected chi connectivity index (χ1v) is 4.74. The number of nitrogens with one attached hydrogen (secondary N) is 1. The van der Waals surface area contributed by atoms with Crippen LogP contribution >= 0.6 is 12.4 Å². The lowest BCUT2D eigenvalue weighted by atomic mass is 10.1. The summed E-state index contributed by atoms with van der Waals surface area (Å²) < 4.78 is 10.3. The predicted molar refractivity (Wildman–Crippen MR) is 62.4 cm³/mol. The molecule has 1 N–H and O–H groups in total. The molecule has 0 radical (unpaired) electrons. The summed E-state index contributed by atoms with van der Waals surface area (Å²) in [5.74, 6) is -0.302. The van der Waals surface area contributed by atoms with Gasteiger partial charge in [-0.25, -0.2) is 0 Å². The molecule has 0 heterocycles. The van der Waals surface area contributed by atoms with E-state index in [1.54, 1.807) is 7.05 Å². The number of rotatable bonds is 4. The fourth-order valence-electron chi connectivity index (χ4n) is 1.30. The number of hydrogen-bond acceptors (Lipinski definition) is 4. The monoisotopic (exact) mass is 239 g/mol. The summed E-state index contributed by atoms with van der Waals surface area (Å²) in [7, 11) is 3.08. The standard InChI is InChI=1S/C10H21NO3.ClH/c1-7(14-10(2,3)4)8(11-5)9(12)13-6;/h7-8,11H,1-6H3;1H/t7-,8+;/m1./s1. The largest absolute Gasteiger partial charge is 0.468 e. The minimum Gasteiger partial charge on any atom is -0.468 e. The third-order valence-electron chi connectivity index (χ3n) is 1.77. The van der Waals surface area contributed by atoms with Crippen molar-refractivity contribution in [2.45, 2.75) is 45.4 Å². The lowest BCUT2D eigenvalue weighted by molar-refractivity contribution is -0.150. The van der Waals surface area contributed by atoms with Gasteiger partial charge in [-0.3, -0.25) is 4.79 Å². The summed E-state index contributed by atoms with van der Waals surface area (Å²) in [5.41, 5.74) is -0.261. The molecule has 0 aromatic heterocycles. The highest BCUT2D eigenvalue weighted by atomic mass is 35.5. The van der Waals surface area contributed by atoms with E-state index in [1.807, 2.05) is 27.7 Å². The molecule has 0 aromatic rings. The maximum absolute atomic E-state index is 11.3. The smallest absolute Gasteiger partial charge is 0.325 e. The normalized spacial score (nSPS) is 15.1. The first kappa shape index (κ1) is 17.1. The van der Waals surface area contributed by atoms with Crippen LogP contribution < -0.4 is 5.32 Å². The van der Waals surface area contributed by atoms with Crippen LogP contribution in [0, 0.1) is 0 Å². The third-order valence-corrected chi connectivity index (χ3v) is 1.77. The summed E-state index contributed by atoms with van der Waals surface area (Å²) in [4.78, 5) is 11.3. The minimum absolute atomic E-state index is 0. The molecule has 0 aliphatic carbocycles. The highest BCUT2D eigenvalue weighted by Crippen LogP contribution is 2.13. The van der Waals surface area contributed by atoms with Gasteiger partial charge in [0.1, 0.15) is 6.04 Å². The number of methoxy groups -OCH3 is 1. The molecule has 0 unspecified atom stereocenters. The zero-order valence-electron chi connectivity index (χ0n) is 10.3. The van der Waals surface area contributed by atoms with Crippen LogP contribution in [-0.4, -0.2) is 37.9 Å². The topological polar surface area (TPSA) is 47.6 Å². The fourth-order valence-corrected chi connectivity index (χ4v) is 1.30. The van der Waals surface area contributed by atoms with E-state index in [9.17, 15) is 4.79 Å². The molecule has 5 heteroatoms. The van der Waals surface area contributed by atoms with Crippen LogP contribution in [0.3, 0.4) is 0 Å². The quantitative estimate of drug-likeness (QED) is 0.753. The number of carbonyl (C=O) groups excluding carboxylic acids is 1. The van der Waals surface area contributed by atoms with Gasteiger partial charge in [0, 0.05) is 0 Å². The molecule has 0 bridgehead atoms. The predicted octanol–water partition coefficient (Wildman–Crippen LogP) is 1.37. The van der Waals surface area contributed by atoms with Crippen molar-refractivity contribution in [2.75, 3.05) is 14.2 Å². The summed E-state index contributed by atoms with van der Waals surface area (Å²) in [6.45, 7) is 7.71. The number of esters is 1. The second kappa shape index (κ2) is 7.04. The van der Waals surface area contributed by atoms with Gasteiger partial charge in [0.15, 0.2) is 0 Å². The highest BCUT2D eigenvalue weighted by molar-refractivity contribution is 5.85.